The Morgan fingerprint density at radius 3 is 2.43 bits per heavy atom. The maximum Gasteiger partial charge on any atom is 0.416 e. The molecule has 14 heteroatoms. The average Bonchev–Trinajstić information content (AvgIpc) is 3.02. The highest BCUT2D eigenvalue weighted by Crippen LogP contribution is 2.33. The highest BCUT2D eigenvalue weighted by molar-refractivity contribution is 7.98. The fourth-order valence-corrected chi connectivity index (χ4v) is 4.91. The van der Waals surface area contributed by atoms with Gasteiger partial charge in [-0.2, -0.15) is 13.2 Å². The first-order valence-electron chi connectivity index (χ1n) is 14.0. The minimum atomic E-state index is -4.70. The van der Waals surface area contributed by atoms with E-state index in [1.807, 2.05) is 6.26 Å². The highest BCUT2D eigenvalue weighted by atomic mass is 32.2. The number of aryl methyl sites for hydroxylation is 1. The van der Waals surface area contributed by atoms with Gasteiger partial charge < -0.3 is 20.7 Å². The van der Waals surface area contributed by atoms with Crippen LogP contribution in [0.5, 0.6) is 0 Å². The quantitative estimate of drug-likeness (QED) is 0.0385. The molecular formula is C33H29F4N5O4S. The maximum atomic E-state index is 14.1. The molecule has 0 aliphatic carbocycles. The van der Waals surface area contributed by atoms with Crippen molar-refractivity contribution < 1.29 is 36.7 Å². The van der Waals surface area contributed by atoms with E-state index in [1.54, 1.807) is 62.5 Å². The van der Waals surface area contributed by atoms with Gasteiger partial charge in [0, 0.05) is 40.3 Å². The van der Waals surface area contributed by atoms with Crippen LogP contribution in [0.25, 0.3) is 11.1 Å². The lowest BCUT2D eigenvalue weighted by Gasteiger charge is -2.14. The van der Waals surface area contributed by atoms with Crippen LogP contribution in [-0.2, 0) is 15.7 Å². The topological polar surface area (TPSA) is 122 Å². The van der Waals surface area contributed by atoms with E-state index in [1.165, 1.54) is 18.7 Å². The lowest BCUT2D eigenvalue weighted by Crippen LogP contribution is -2.21. The molecule has 0 bridgehead atoms. The van der Waals surface area contributed by atoms with Gasteiger partial charge in [0.1, 0.15) is 10.8 Å². The molecule has 0 aliphatic heterocycles. The lowest BCUT2D eigenvalue weighted by atomic mass is 10.0. The number of ether oxygens (including phenoxy) is 1. The Morgan fingerprint density at radius 1 is 1.00 bits per heavy atom. The van der Waals surface area contributed by atoms with Crippen molar-refractivity contribution in [3.8, 4) is 11.1 Å². The summed E-state index contributed by atoms with van der Waals surface area (Å²) in [5, 5.41) is 8.36. The second-order valence-electron chi connectivity index (χ2n) is 10.0. The number of Topliss-reactive ketones (excluding diaryl/α,β-unsaturated/α-hetero) is 1. The van der Waals surface area contributed by atoms with Gasteiger partial charge in [0.2, 0.25) is 5.95 Å². The molecule has 9 nitrogen and oxygen atoms in total. The van der Waals surface area contributed by atoms with Gasteiger partial charge in [-0.3, -0.25) is 4.79 Å². The Bertz CT molecular complexity index is 1860. The number of allylic oxidation sites excluding steroid dienone is 1. The molecule has 47 heavy (non-hydrogen) atoms. The first-order chi connectivity index (χ1) is 22.3. The maximum absolute atomic E-state index is 14.1. The third-order valence-corrected chi connectivity index (χ3v) is 7.33. The summed E-state index contributed by atoms with van der Waals surface area (Å²) in [6.45, 7) is 5.13. The number of nitrogens with one attached hydrogen (secondary N) is 3. The van der Waals surface area contributed by atoms with Gasteiger partial charge in [0.25, 0.3) is 0 Å². The summed E-state index contributed by atoms with van der Waals surface area (Å²) in [7, 11) is 0. The predicted molar refractivity (Wildman–Crippen MR) is 172 cm³/mol. The SMILES string of the molecule is CCOC(=O)/C=C(/C)C(=O)c1cccc(Nc2ncc(-c3ccc(NC(=O)Nc4cc(C(F)(F)F)ccc4F)c(C)c3)c(SC)n2)c1. The molecule has 3 N–H and O–H groups in total. The van der Waals surface area contributed by atoms with Crippen LogP contribution in [0.1, 0.15) is 35.3 Å². The summed E-state index contributed by atoms with van der Waals surface area (Å²) in [6.07, 6.45) is -0.0863. The zero-order valence-electron chi connectivity index (χ0n) is 25.6. The number of ketones is 1. The largest absolute Gasteiger partial charge is 0.463 e. The van der Waals surface area contributed by atoms with Gasteiger partial charge >= 0.3 is 18.2 Å². The molecular weight excluding hydrogens is 638 g/mol. The molecule has 4 aromatic rings. The summed E-state index contributed by atoms with van der Waals surface area (Å²) in [5.74, 6) is -1.67. The van der Waals surface area contributed by atoms with E-state index < -0.39 is 35.2 Å². The number of amides is 2. The standard InChI is InChI=1S/C33H29F4N5O4S/c1-5-46-28(43)14-19(3)29(44)21-7-6-8-23(15-21)39-31-38-17-24(30(42-31)47-4)20-9-12-26(18(2)13-20)40-32(45)41-27-16-22(33(35,36)37)10-11-25(27)34/h6-17H,5H2,1-4H3,(H,38,39,42)(H2,40,41,45)/b19-14-. The van der Waals surface area contributed by atoms with E-state index in [0.29, 0.717) is 51.3 Å². The fourth-order valence-electron chi connectivity index (χ4n) is 4.35. The second kappa shape index (κ2) is 14.9. The number of alkyl halides is 3. The molecule has 0 unspecified atom stereocenters. The number of carbonyl (C=O) groups excluding carboxylic acids is 3. The predicted octanol–water partition coefficient (Wildman–Crippen LogP) is 8.41. The molecule has 244 valence electrons. The van der Waals surface area contributed by atoms with Gasteiger partial charge in [0.15, 0.2) is 5.78 Å². The van der Waals surface area contributed by atoms with Crippen LogP contribution in [0, 0.1) is 12.7 Å². The number of thioether (sulfide) groups is 1. The van der Waals surface area contributed by atoms with E-state index in [9.17, 15) is 31.9 Å². The van der Waals surface area contributed by atoms with Gasteiger partial charge in [-0.25, -0.2) is 23.9 Å². The van der Waals surface area contributed by atoms with E-state index in [4.69, 9.17) is 4.74 Å². The molecule has 1 aromatic heterocycles. The van der Waals surface area contributed by atoms with Crippen molar-refractivity contribution in [2.24, 2.45) is 0 Å². The summed E-state index contributed by atoms with van der Waals surface area (Å²) in [4.78, 5) is 46.1. The minimum absolute atomic E-state index is 0.201. The second-order valence-corrected chi connectivity index (χ2v) is 10.8. The molecule has 0 spiro atoms. The van der Waals surface area contributed by atoms with Crippen molar-refractivity contribution in [3.05, 3.63) is 101 Å². The number of hydrogen-bond donors (Lipinski definition) is 3. The van der Waals surface area contributed by atoms with Crippen LogP contribution in [-0.4, -0.2) is 40.6 Å². The van der Waals surface area contributed by atoms with Crippen LogP contribution in [0.2, 0.25) is 0 Å². The van der Waals surface area contributed by atoms with Gasteiger partial charge in [-0.05, 0) is 80.6 Å². The van der Waals surface area contributed by atoms with Gasteiger partial charge in [-0.1, -0.05) is 18.2 Å². The van der Waals surface area contributed by atoms with Crippen molar-refractivity contribution >= 4 is 52.6 Å². The molecule has 0 fully saturated rings. The summed E-state index contributed by atoms with van der Waals surface area (Å²) < 4.78 is 58.0. The summed E-state index contributed by atoms with van der Waals surface area (Å²) in [5.41, 5.74) is 1.81. The molecule has 1 heterocycles. The monoisotopic (exact) mass is 667 g/mol. The van der Waals surface area contributed by atoms with Crippen molar-refractivity contribution in [2.45, 2.75) is 32.0 Å². The Kier molecular flexibility index (Phi) is 11.0. The molecule has 4 rings (SSSR count). The van der Waals surface area contributed by atoms with Crippen molar-refractivity contribution in [2.75, 3.05) is 28.8 Å². The molecule has 0 atom stereocenters. The molecule has 2 amide bonds. The number of rotatable bonds is 10. The number of urea groups is 1. The number of hydrogen-bond acceptors (Lipinski definition) is 8. The Balaban J connectivity index is 1.48. The van der Waals surface area contributed by atoms with Crippen LogP contribution >= 0.6 is 11.8 Å². The summed E-state index contributed by atoms with van der Waals surface area (Å²) in [6, 6.07) is 12.6. The van der Waals surface area contributed by atoms with E-state index in [2.05, 4.69) is 25.9 Å². The first kappa shape index (κ1) is 34.6. The van der Waals surface area contributed by atoms with Gasteiger partial charge in [0.05, 0.1) is 17.9 Å². The fraction of sp³-hybridized carbons (Fsp3) is 0.182. The number of nitrogens with zero attached hydrogens (tertiary/aromatic N) is 2. The zero-order chi connectivity index (χ0) is 34.3. The lowest BCUT2D eigenvalue weighted by molar-refractivity contribution is -0.138. The van der Waals surface area contributed by atoms with E-state index in [0.717, 1.165) is 11.6 Å². The Hall–Kier alpha value is -5.24. The smallest absolute Gasteiger partial charge is 0.416 e. The highest BCUT2D eigenvalue weighted by Gasteiger charge is 2.31. The van der Waals surface area contributed by atoms with Crippen molar-refractivity contribution in [3.63, 3.8) is 0 Å². The molecule has 0 saturated heterocycles. The number of aromatic nitrogens is 2. The van der Waals surface area contributed by atoms with Crippen LogP contribution < -0.4 is 16.0 Å². The molecule has 0 aliphatic rings. The van der Waals surface area contributed by atoms with Crippen LogP contribution in [0.4, 0.5) is 45.4 Å². The molecule has 3 aromatic carbocycles. The third-order valence-electron chi connectivity index (χ3n) is 6.63. The molecule has 0 saturated carbocycles. The summed E-state index contributed by atoms with van der Waals surface area (Å²) >= 11 is 1.37. The molecule has 0 radical (unpaired) electrons. The normalized spacial score (nSPS) is 11.5. The third kappa shape index (κ3) is 8.94. The average molecular weight is 668 g/mol. The van der Waals surface area contributed by atoms with Crippen molar-refractivity contribution in [1.82, 2.24) is 9.97 Å². The number of benzene rings is 3. The zero-order valence-corrected chi connectivity index (χ0v) is 26.4. The minimum Gasteiger partial charge on any atom is -0.463 e. The van der Waals surface area contributed by atoms with Crippen molar-refractivity contribution in [1.29, 1.82) is 0 Å². The Morgan fingerprint density at radius 2 is 1.74 bits per heavy atom. The van der Waals surface area contributed by atoms with E-state index >= 15 is 0 Å². The van der Waals surface area contributed by atoms with Crippen LogP contribution in [0.15, 0.2) is 83.5 Å². The number of esters is 1. The number of halogens is 4. The Labute approximate surface area is 271 Å². The van der Waals surface area contributed by atoms with Gasteiger partial charge in [-0.15, -0.1) is 11.8 Å². The number of carbonyl (C=O) groups is 3. The number of anilines is 4. The van der Waals surface area contributed by atoms with E-state index in [-0.39, 0.29) is 23.9 Å². The first-order valence-corrected chi connectivity index (χ1v) is 15.2. The van der Waals surface area contributed by atoms with Crippen LogP contribution in [0.3, 0.4) is 0 Å².